The molecule has 7 heteroatoms. The average molecular weight is 357 g/mol. The molecule has 1 aliphatic heterocycles. The SMILES string of the molecule is Cc1nn(C)c(C)c1C1COCCN1C(=O)c1ccnn1C1CCCC1. The van der Waals surface area contributed by atoms with Gasteiger partial charge in [0, 0.05) is 31.0 Å². The Kier molecular flexibility index (Phi) is 4.56. The number of nitrogens with zero attached hydrogens (tertiary/aromatic N) is 5. The number of aromatic nitrogens is 4. The van der Waals surface area contributed by atoms with Gasteiger partial charge in [-0.3, -0.25) is 14.2 Å². The second-order valence-electron chi connectivity index (χ2n) is 7.40. The number of aryl methyl sites for hydroxylation is 2. The fraction of sp³-hybridized carbons (Fsp3) is 0.632. The van der Waals surface area contributed by atoms with Gasteiger partial charge in [-0.05, 0) is 32.8 Å². The molecule has 26 heavy (non-hydrogen) atoms. The Morgan fingerprint density at radius 3 is 2.73 bits per heavy atom. The highest BCUT2D eigenvalue weighted by Crippen LogP contribution is 2.33. The highest BCUT2D eigenvalue weighted by molar-refractivity contribution is 5.93. The normalized spacial score (nSPS) is 21.5. The fourth-order valence-electron chi connectivity index (χ4n) is 4.43. The van der Waals surface area contributed by atoms with Crippen molar-refractivity contribution in [1.82, 2.24) is 24.5 Å². The summed E-state index contributed by atoms with van der Waals surface area (Å²) >= 11 is 0. The Balaban J connectivity index is 1.67. The second-order valence-corrected chi connectivity index (χ2v) is 7.40. The van der Waals surface area contributed by atoms with E-state index >= 15 is 0 Å². The molecule has 1 atom stereocenters. The third-order valence-electron chi connectivity index (χ3n) is 5.85. The maximum absolute atomic E-state index is 13.4. The van der Waals surface area contributed by atoms with Crippen LogP contribution in [0.3, 0.4) is 0 Å². The van der Waals surface area contributed by atoms with Gasteiger partial charge in [-0.1, -0.05) is 12.8 Å². The van der Waals surface area contributed by atoms with Gasteiger partial charge in [-0.2, -0.15) is 10.2 Å². The molecule has 0 radical (unpaired) electrons. The molecule has 0 aromatic carbocycles. The van der Waals surface area contributed by atoms with Crippen molar-refractivity contribution >= 4 is 5.91 Å². The van der Waals surface area contributed by atoms with E-state index in [-0.39, 0.29) is 11.9 Å². The van der Waals surface area contributed by atoms with Crippen LogP contribution >= 0.6 is 0 Å². The fourth-order valence-corrected chi connectivity index (χ4v) is 4.43. The molecule has 7 nitrogen and oxygen atoms in total. The number of rotatable bonds is 3. The number of morpholine rings is 1. The minimum absolute atomic E-state index is 0.0466. The molecule has 2 aromatic heterocycles. The third kappa shape index (κ3) is 2.84. The van der Waals surface area contributed by atoms with E-state index in [0.717, 1.165) is 29.8 Å². The van der Waals surface area contributed by atoms with Gasteiger partial charge in [0.15, 0.2) is 0 Å². The average Bonchev–Trinajstić information content (AvgIpc) is 3.36. The summed E-state index contributed by atoms with van der Waals surface area (Å²) in [5, 5.41) is 9.00. The first kappa shape index (κ1) is 17.3. The van der Waals surface area contributed by atoms with Gasteiger partial charge in [-0.15, -0.1) is 0 Å². The summed E-state index contributed by atoms with van der Waals surface area (Å²) in [6.07, 6.45) is 6.39. The zero-order valence-electron chi connectivity index (χ0n) is 15.8. The number of hydrogen-bond donors (Lipinski definition) is 0. The summed E-state index contributed by atoms with van der Waals surface area (Å²) in [6, 6.07) is 2.11. The monoisotopic (exact) mass is 357 g/mol. The Morgan fingerprint density at radius 1 is 1.27 bits per heavy atom. The van der Waals surface area contributed by atoms with Crippen molar-refractivity contribution < 1.29 is 9.53 Å². The second kappa shape index (κ2) is 6.87. The van der Waals surface area contributed by atoms with Gasteiger partial charge in [0.05, 0.1) is 31.0 Å². The van der Waals surface area contributed by atoms with Crippen LogP contribution < -0.4 is 0 Å². The Labute approximate surface area is 153 Å². The van der Waals surface area contributed by atoms with E-state index in [1.807, 2.05) is 34.3 Å². The lowest BCUT2D eigenvalue weighted by Gasteiger charge is -2.36. The first-order valence-electron chi connectivity index (χ1n) is 9.50. The van der Waals surface area contributed by atoms with Crippen LogP contribution in [-0.2, 0) is 11.8 Å². The van der Waals surface area contributed by atoms with Crippen molar-refractivity contribution in [2.75, 3.05) is 19.8 Å². The quantitative estimate of drug-likeness (QED) is 0.847. The maximum atomic E-state index is 13.4. The lowest BCUT2D eigenvalue weighted by molar-refractivity contribution is -0.00379. The lowest BCUT2D eigenvalue weighted by Crippen LogP contribution is -2.44. The van der Waals surface area contributed by atoms with Crippen molar-refractivity contribution in [3.05, 3.63) is 34.9 Å². The first-order valence-corrected chi connectivity index (χ1v) is 9.50. The van der Waals surface area contributed by atoms with Crippen LogP contribution in [-0.4, -0.2) is 50.1 Å². The van der Waals surface area contributed by atoms with Gasteiger partial charge < -0.3 is 9.64 Å². The maximum Gasteiger partial charge on any atom is 0.272 e. The molecule has 1 unspecified atom stereocenters. The molecule has 2 aromatic rings. The molecule has 4 rings (SSSR count). The molecule has 1 saturated carbocycles. The summed E-state index contributed by atoms with van der Waals surface area (Å²) in [6.45, 7) is 5.72. The number of carbonyl (C=O) groups excluding carboxylic acids is 1. The van der Waals surface area contributed by atoms with Crippen LogP contribution in [0.2, 0.25) is 0 Å². The van der Waals surface area contributed by atoms with E-state index in [4.69, 9.17) is 4.74 Å². The lowest BCUT2D eigenvalue weighted by atomic mass is 10.0. The van der Waals surface area contributed by atoms with Crippen molar-refractivity contribution in [2.24, 2.45) is 7.05 Å². The standard InChI is InChI=1S/C19H27N5O2/c1-13-18(14(2)22(3)21-13)17-12-26-11-10-23(17)19(25)16-8-9-20-24(16)15-6-4-5-7-15/h8-9,15,17H,4-7,10-12H2,1-3H3. The zero-order chi connectivity index (χ0) is 18.3. The molecule has 0 N–H and O–H groups in total. The minimum Gasteiger partial charge on any atom is -0.377 e. The van der Waals surface area contributed by atoms with Crippen molar-refractivity contribution in [1.29, 1.82) is 0 Å². The first-order chi connectivity index (χ1) is 12.6. The molecule has 140 valence electrons. The largest absolute Gasteiger partial charge is 0.377 e. The minimum atomic E-state index is -0.100. The van der Waals surface area contributed by atoms with Crippen molar-refractivity contribution in [3.63, 3.8) is 0 Å². The smallest absolute Gasteiger partial charge is 0.272 e. The summed E-state index contributed by atoms with van der Waals surface area (Å²) in [7, 11) is 1.94. The van der Waals surface area contributed by atoms with Gasteiger partial charge >= 0.3 is 0 Å². The van der Waals surface area contributed by atoms with Crippen LogP contribution in [0, 0.1) is 13.8 Å². The molecular weight excluding hydrogens is 330 g/mol. The summed E-state index contributed by atoms with van der Waals surface area (Å²) in [5.41, 5.74) is 3.85. The molecule has 1 amide bonds. The van der Waals surface area contributed by atoms with Gasteiger partial charge in [0.2, 0.25) is 0 Å². The highest BCUT2D eigenvalue weighted by atomic mass is 16.5. The summed E-state index contributed by atoms with van der Waals surface area (Å²) < 4.78 is 9.56. The predicted octanol–water partition coefficient (Wildman–Crippen LogP) is 2.56. The molecular formula is C19H27N5O2. The van der Waals surface area contributed by atoms with E-state index < -0.39 is 0 Å². The van der Waals surface area contributed by atoms with E-state index in [9.17, 15) is 4.79 Å². The topological polar surface area (TPSA) is 65.2 Å². The molecule has 1 aliphatic carbocycles. The van der Waals surface area contributed by atoms with Crippen molar-refractivity contribution in [2.45, 2.75) is 51.6 Å². The number of hydrogen-bond acceptors (Lipinski definition) is 4. The van der Waals surface area contributed by atoms with E-state index in [0.29, 0.717) is 31.5 Å². The van der Waals surface area contributed by atoms with Crippen molar-refractivity contribution in [3.8, 4) is 0 Å². The molecule has 1 saturated heterocycles. The van der Waals surface area contributed by atoms with Gasteiger partial charge in [0.25, 0.3) is 5.91 Å². The van der Waals surface area contributed by atoms with E-state index in [2.05, 4.69) is 17.1 Å². The van der Waals surface area contributed by atoms with Crippen LogP contribution in [0.25, 0.3) is 0 Å². The molecule has 2 fully saturated rings. The predicted molar refractivity (Wildman–Crippen MR) is 97.0 cm³/mol. The van der Waals surface area contributed by atoms with Gasteiger partial charge in [0.1, 0.15) is 5.69 Å². The molecule has 0 bridgehead atoms. The Morgan fingerprint density at radius 2 is 2.04 bits per heavy atom. The van der Waals surface area contributed by atoms with E-state index in [1.165, 1.54) is 12.8 Å². The van der Waals surface area contributed by atoms with Crippen LogP contribution in [0.4, 0.5) is 0 Å². The molecule has 3 heterocycles. The van der Waals surface area contributed by atoms with Crippen LogP contribution in [0.5, 0.6) is 0 Å². The number of amides is 1. The van der Waals surface area contributed by atoms with Gasteiger partial charge in [-0.25, -0.2) is 0 Å². The molecule has 0 spiro atoms. The third-order valence-corrected chi connectivity index (χ3v) is 5.85. The number of carbonyl (C=O) groups is 1. The summed E-state index contributed by atoms with van der Waals surface area (Å²) in [5.74, 6) is 0.0466. The zero-order valence-corrected chi connectivity index (χ0v) is 15.8. The van der Waals surface area contributed by atoms with Crippen LogP contribution in [0.15, 0.2) is 12.3 Å². The molecule has 2 aliphatic rings. The Hall–Kier alpha value is -2.15. The highest BCUT2D eigenvalue weighted by Gasteiger charge is 2.35. The number of ether oxygens (including phenoxy) is 1. The van der Waals surface area contributed by atoms with Crippen LogP contribution in [0.1, 0.15) is 65.2 Å². The van der Waals surface area contributed by atoms with E-state index in [1.54, 1.807) is 6.20 Å². The Bertz CT molecular complexity index is 803. The summed E-state index contributed by atoms with van der Waals surface area (Å²) in [4.78, 5) is 15.4.